The molecule has 1 amide bonds. The minimum absolute atomic E-state index is 0.0307. The van der Waals surface area contributed by atoms with Gasteiger partial charge in [0.1, 0.15) is 5.70 Å². The number of thioether (sulfide) groups is 1. The number of carbonyl (C=O) groups excluding carboxylic acids is 1. The Morgan fingerprint density at radius 3 is 2.70 bits per heavy atom. The number of hydrogen-bond donors (Lipinski definition) is 3. The average Bonchev–Trinajstić information content (AvgIpc) is 3.02. The van der Waals surface area contributed by atoms with Gasteiger partial charge in [-0.3, -0.25) is 4.79 Å². The van der Waals surface area contributed by atoms with Gasteiger partial charge in [0, 0.05) is 67.5 Å². The van der Waals surface area contributed by atoms with E-state index in [9.17, 15) is 18.0 Å². The number of nitrogens with two attached hydrogens (primary N) is 1. The molecule has 4 rings (SSSR count). The summed E-state index contributed by atoms with van der Waals surface area (Å²) in [6, 6.07) is 0.535. The molecule has 44 heavy (non-hydrogen) atoms. The summed E-state index contributed by atoms with van der Waals surface area (Å²) in [5.74, 6) is -0.138. The van der Waals surface area contributed by atoms with Crippen molar-refractivity contribution in [2.45, 2.75) is 87.8 Å². The van der Waals surface area contributed by atoms with Crippen LogP contribution >= 0.6 is 11.8 Å². The number of halogens is 3. The number of nitrogens with zero attached hydrogens (tertiary/aromatic N) is 2. The molecule has 3 heterocycles. The fourth-order valence-electron chi connectivity index (χ4n) is 6.23. The van der Waals surface area contributed by atoms with Crippen LogP contribution in [0.25, 0.3) is 0 Å². The van der Waals surface area contributed by atoms with E-state index in [0.717, 1.165) is 44.9 Å². The number of methoxy groups -OCH3 is 1. The molecule has 0 aromatic carbocycles. The normalized spacial score (nSPS) is 29.3. The van der Waals surface area contributed by atoms with Crippen molar-refractivity contribution in [3.8, 4) is 0 Å². The molecule has 0 aromatic rings. The van der Waals surface area contributed by atoms with E-state index in [1.54, 1.807) is 26.2 Å². The summed E-state index contributed by atoms with van der Waals surface area (Å²) in [7, 11) is 1.71. The quantitative estimate of drug-likeness (QED) is 0.132. The van der Waals surface area contributed by atoms with Crippen LogP contribution in [0, 0.1) is 5.92 Å². The summed E-state index contributed by atoms with van der Waals surface area (Å²) >= 11 is -0.0814. The molecule has 4 N–H and O–H groups in total. The van der Waals surface area contributed by atoms with Crippen molar-refractivity contribution in [3.05, 3.63) is 46.7 Å². The van der Waals surface area contributed by atoms with Crippen molar-refractivity contribution in [1.82, 2.24) is 15.5 Å². The van der Waals surface area contributed by atoms with Gasteiger partial charge in [0.2, 0.25) is 0 Å². The summed E-state index contributed by atoms with van der Waals surface area (Å²) in [6.07, 6.45) is 11.8. The maximum atomic E-state index is 13.5. The van der Waals surface area contributed by atoms with Gasteiger partial charge in [0.05, 0.1) is 31.3 Å². The minimum Gasteiger partial charge on any atom is -0.390 e. The summed E-state index contributed by atoms with van der Waals surface area (Å²) in [5.41, 5.74) is 2.79. The van der Waals surface area contributed by atoms with Gasteiger partial charge in [-0.25, -0.2) is 4.99 Å². The highest BCUT2D eigenvalue weighted by Gasteiger charge is 2.34. The number of aliphatic imine (C=N–C) groups is 1. The zero-order valence-corrected chi connectivity index (χ0v) is 26.4. The Hall–Kier alpha value is -2.32. The van der Waals surface area contributed by atoms with Crippen LogP contribution in [0.2, 0.25) is 0 Å². The second kappa shape index (κ2) is 16.3. The van der Waals surface area contributed by atoms with Crippen molar-refractivity contribution in [2.24, 2.45) is 16.6 Å². The largest absolute Gasteiger partial charge is 0.446 e. The third-order valence-electron chi connectivity index (χ3n) is 8.79. The molecule has 0 saturated carbocycles. The summed E-state index contributed by atoms with van der Waals surface area (Å²) in [4.78, 5) is 19.8. The lowest BCUT2D eigenvalue weighted by atomic mass is 9.89. The highest BCUT2D eigenvalue weighted by atomic mass is 32.2. The number of alkyl halides is 3. The second-order valence-electron chi connectivity index (χ2n) is 11.7. The van der Waals surface area contributed by atoms with Crippen molar-refractivity contribution in [2.75, 3.05) is 40.0 Å². The van der Waals surface area contributed by atoms with E-state index in [1.165, 1.54) is 0 Å². The third kappa shape index (κ3) is 9.84. The molecule has 246 valence electrons. The van der Waals surface area contributed by atoms with E-state index in [1.807, 2.05) is 11.0 Å². The van der Waals surface area contributed by atoms with Crippen molar-refractivity contribution in [3.63, 3.8) is 0 Å². The Balaban J connectivity index is 1.26. The molecule has 0 bridgehead atoms. The predicted molar refractivity (Wildman–Crippen MR) is 167 cm³/mol. The van der Waals surface area contributed by atoms with E-state index in [0.29, 0.717) is 56.6 Å². The van der Waals surface area contributed by atoms with Gasteiger partial charge >= 0.3 is 5.51 Å². The molecular weight excluding hydrogens is 595 g/mol. The lowest BCUT2D eigenvalue weighted by molar-refractivity contribution is -0.128. The molecule has 5 atom stereocenters. The second-order valence-corrected chi connectivity index (χ2v) is 12.9. The minimum atomic E-state index is -4.29. The van der Waals surface area contributed by atoms with Gasteiger partial charge < -0.3 is 35.5 Å². The Kier molecular flexibility index (Phi) is 12.8. The molecule has 0 radical (unpaired) electrons. The van der Waals surface area contributed by atoms with Crippen LogP contribution in [-0.2, 0) is 19.0 Å². The van der Waals surface area contributed by atoms with Crippen LogP contribution in [0.5, 0.6) is 0 Å². The Morgan fingerprint density at radius 1 is 1.27 bits per heavy atom. The smallest absolute Gasteiger partial charge is 0.390 e. The summed E-state index contributed by atoms with van der Waals surface area (Å²) in [5, 5.41) is 7.02. The van der Waals surface area contributed by atoms with Crippen LogP contribution < -0.4 is 16.4 Å². The summed E-state index contributed by atoms with van der Waals surface area (Å²) < 4.78 is 55.5. The van der Waals surface area contributed by atoms with Gasteiger partial charge in [0.25, 0.3) is 5.91 Å². The average molecular weight is 642 g/mol. The maximum Gasteiger partial charge on any atom is 0.446 e. The number of nitrogens with one attached hydrogen (secondary N) is 2. The Labute approximate surface area is 262 Å². The fraction of sp³-hybridized carbons (Fsp3) is 0.677. The van der Waals surface area contributed by atoms with Crippen LogP contribution in [0.4, 0.5) is 13.2 Å². The number of carbonyl (C=O) groups is 1. The van der Waals surface area contributed by atoms with Crippen LogP contribution in [-0.4, -0.2) is 93.0 Å². The maximum absolute atomic E-state index is 13.5. The zero-order chi connectivity index (χ0) is 31.7. The van der Waals surface area contributed by atoms with Crippen LogP contribution in [0.3, 0.4) is 0 Å². The Bertz CT molecular complexity index is 1120. The number of hydrogen-bond acceptors (Lipinski definition) is 8. The number of piperidine rings is 1. The van der Waals surface area contributed by atoms with E-state index < -0.39 is 5.51 Å². The fourth-order valence-corrected chi connectivity index (χ4v) is 6.83. The van der Waals surface area contributed by atoms with Gasteiger partial charge in [-0.2, -0.15) is 13.2 Å². The lowest BCUT2D eigenvalue weighted by Crippen LogP contribution is -2.54. The highest BCUT2D eigenvalue weighted by Crippen LogP contribution is 2.40. The SMILES string of the molecule is C=C(NC[C@H]1CCC[C@@H](C2C=CC(SC(F)(F)F)=CC2)O1)/C(C)=C(\N=CN)C(=O)N1CCC(N[C@@H]2CCOC[C@@H]2OC)CC1. The highest BCUT2D eigenvalue weighted by molar-refractivity contribution is 8.04. The first-order valence-electron chi connectivity index (χ1n) is 15.4. The first-order chi connectivity index (χ1) is 21.1. The molecule has 0 aromatic heterocycles. The monoisotopic (exact) mass is 641 g/mol. The molecule has 0 spiro atoms. The van der Waals surface area contributed by atoms with Crippen molar-refractivity contribution >= 4 is 24.0 Å². The van der Waals surface area contributed by atoms with Gasteiger partial charge in [-0.05, 0) is 63.6 Å². The Morgan fingerprint density at radius 2 is 2.05 bits per heavy atom. The van der Waals surface area contributed by atoms with Gasteiger partial charge in [0.15, 0.2) is 0 Å². The van der Waals surface area contributed by atoms with E-state index in [-0.39, 0.29) is 58.5 Å². The molecule has 9 nitrogen and oxygen atoms in total. The van der Waals surface area contributed by atoms with E-state index >= 15 is 0 Å². The molecule has 13 heteroatoms. The molecule has 1 unspecified atom stereocenters. The first kappa shape index (κ1) is 34.6. The molecule has 3 fully saturated rings. The van der Waals surface area contributed by atoms with Gasteiger partial charge in [-0.15, -0.1) is 0 Å². The lowest BCUT2D eigenvalue weighted by Gasteiger charge is -2.38. The molecular formula is C31H46F3N5O4S. The first-order valence-corrected chi connectivity index (χ1v) is 16.2. The topological polar surface area (TPSA) is 110 Å². The number of likely N-dealkylation sites (tertiary alicyclic amines) is 1. The van der Waals surface area contributed by atoms with Crippen molar-refractivity contribution in [1.29, 1.82) is 0 Å². The van der Waals surface area contributed by atoms with Crippen LogP contribution in [0.15, 0.2) is 51.7 Å². The van der Waals surface area contributed by atoms with E-state index in [4.69, 9.17) is 19.9 Å². The van der Waals surface area contributed by atoms with Gasteiger partial charge in [-0.1, -0.05) is 24.8 Å². The third-order valence-corrected chi connectivity index (χ3v) is 9.56. The van der Waals surface area contributed by atoms with E-state index in [2.05, 4.69) is 22.2 Å². The van der Waals surface area contributed by atoms with Crippen LogP contribution in [0.1, 0.15) is 51.9 Å². The number of rotatable bonds is 11. The molecule has 3 aliphatic heterocycles. The predicted octanol–water partition coefficient (Wildman–Crippen LogP) is 4.39. The summed E-state index contributed by atoms with van der Waals surface area (Å²) in [6.45, 7) is 8.97. The number of amides is 1. The molecule has 3 saturated heterocycles. The number of ether oxygens (including phenoxy) is 3. The zero-order valence-electron chi connectivity index (χ0n) is 25.6. The number of allylic oxidation sites excluding steroid dienone is 3. The molecule has 4 aliphatic rings. The standard InChI is InChI=1S/C31H46F3N5O4S/c1-20(21(2)36-17-24-5-4-6-27(43-24)22-7-9-25(10-8-22)44-31(32,33)34)29(37-19-35)30(40)39-14-11-23(12-15-39)38-26-13-16-42-18-28(26)41-3/h7,9-10,19,22-24,26-28,36,38H,2,4-6,8,11-18H2,1,3H3,(H2,35,37)/b29-20-/t22?,24-,26-,27+,28+/m1/s1. The molecule has 1 aliphatic carbocycles. The van der Waals surface area contributed by atoms with Crippen molar-refractivity contribution < 1.29 is 32.2 Å².